The van der Waals surface area contributed by atoms with Crippen molar-refractivity contribution in [3.8, 4) is 5.75 Å². The molecule has 1 heterocycles. The van der Waals surface area contributed by atoms with Crippen molar-refractivity contribution in [3.63, 3.8) is 0 Å². The minimum atomic E-state index is -0.865. The second kappa shape index (κ2) is 7.19. The van der Waals surface area contributed by atoms with Gasteiger partial charge in [0.1, 0.15) is 16.9 Å². The van der Waals surface area contributed by atoms with Crippen molar-refractivity contribution in [1.82, 2.24) is 10.9 Å². The Bertz CT molecular complexity index is 1100. The molecule has 0 unspecified atom stereocenters. The summed E-state index contributed by atoms with van der Waals surface area (Å²) >= 11 is 9.06. The number of carbonyl (C=O) groups excluding carboxylic acids is 2. The van der Waals surface area contributed by atoms with E-state index in [1.54, 1.807) is 18.2 Å². The summed E-state index contributed by atoms with van der Waals surface area (Å²) in [5, 5.41) is 10.4. The average molecular weight is 438 g/mol. The number of phenols is 1. The lowest BCUT2D eigenvalue weighted by Crippen LogP contribution is -2.43. The van der Waals surface area contributed by atoms with E-state index in [4.69, 9.17) is 16.0 Å². The Kier molecular flexibility index (Phi) is 4.97. The zero-order valence-corrected chi connectivity index (χ0v) is 15.2. The van der Waals surface area contributed by atoms with Crippen LogP contribution in [0.15, 0.2) is 56.1 Å². The van der Waals surface area contributed by atoms with Crippen LogP contribution in [0.2, 0.25) is 5.02 Å². The Morgan fingerprint density at radius 3 is 2.42 bits per heavy atom. The van der Waals surface area contributed by atoms with Crippen LogP contribution < -0.4 is 16.5 Å². The molecule has 0 atom stereocenters. The predicted octanol–water partition coefficient (Wildman–Crippen LogP) is 2.99. The van der Waals surface area contributed by atoms with Crippen molar-refractivity contribution in [3.05, 3.63) is 73.5 Å². The van der Waals surface area contributed by atoms with Gasteiger partial charge in [-0.05, 0) is 42.5 Å². The fraction of sp³-hybridized carbons (Fsp3) is 0. The van der Waals surface area contributed by atoms with Crippen LogP contribution in [0, 0.1) is 0 Å². The van der Waals surface area contributed by atoms with Gasteiger partial charge in [0.2, 0.25) is 0 Å². The number of hydrogen-bond acceptors (Lipinski definition) is 5. The van der Waals surface area contributed by atoms with Crippen molar-refractivity contribution < 1.29 is 19.1 Å². The van der Waals surface area contributed by atoms with Crippen LogP contribution in [0.1, 0.15) is 20.7 Å². The van der Waals surface area contributed by atoms with Gasteiger partial charge in [-0.3, -0.25) is 20.4 Å². The molecule has 0 aliphatic carbocycles. The SMILES string of the molecule is O=C(NNC(=O)c1cc2cc(Br)ccc2oc1=O)c1cc(Cl)ccc1O. The maximum atomic E-state index is 12.2. The lowest BCUT2D eigenvalue weighted by molar-refractivity contribution is 0.0843. The van der Waals surface area contributed by atoms with Crippen molar-refractivity contribution in [2.75, 3.05) is 0 Å². The Hall–Kier alpha value is -2.84. The summed E-state index contributed by atoms with van der Waals surface area (Å²) < 4.78 is 5.83. The van der Waals surface area contributed by atoms with Gasteiger partial charge in [-0.1, -0.05) is 27.5 Å². The number of carbonyl (C=O) groups is 2. The zero-order valence-electron chi connectivity index (χ0n) is 12.9. The first-order valence-electron chi connectivity index (χ1n) is 7.18. The van der Waals surface area contributed by atoms with E-state index in [2.05, 4.69) is 26.8 Å². The molecule has 3 aromatic rings. The minimum absolute atomic E-state index is 0.132. The van der Waals surface area contributed by atoms with Crippen molar-refractivity contribution >= 4 is 50.3 Å². The van der Waals surface area contributed by atoms with Gasteiger partial charge in [-0.2, -0.15) is 0 Å². The van der Waals surface area contributed by atoms with Crippen LogP contribution in [-0.4, -0.2) is 16.9 Å². The summed E-state index contributed by atoms with van der Waals surface area (Å²) in [5.74, 6) is -1.97. The molecule has 0 saturated heterocycles. The van der Waals surface area contributed by atoms with Crippen LogP contribution in [0.25, 0.3) is 11.0 Å². The highest BCUT2D eigenvalue weighted by Gasteiger charge is 2.17. The third-order valence-electron chi connectivity index (χ3n) is 3.43. The molecule has 2 amide bonds. The Labute approximate surface area is 159 Å². The predicted molar refractivity (Wildman–Crippen MR) is 98.2 cm³/mol. The highest BCUT2D eigenvalue weighted by Crippen LogP contribution is 2.21. The number of hydrogen-bond donors (Lipinski definition) is 3. The molecule has 3 rings (SSSR count). The van der Waals surface area contributed by atoms with Gasteiger partial charge in [0.05, 0.1) is 5.56 Å². The highest BCUT2D eigenvalue weighted by molar-refractivity contribution is 9.10. The molecule has 9 heteroatoms. The monoisotopic (exact) mass is 436 g/mol. The summed E-state index contributed by atoms with van der Waals surface area (Å²) in [5.41, 5.74) is 3.26. The number of amides is 2. The molecule has 2 aromatic carbocycles. The first-order valence-corrected chi connectivity index (χ1v) is 8.35. The lowest BCUT2D eigenvalue weighted by atomic mass is 10.2. The molecular weight excluding hydrogens is 428 g/mol. The summed E-state index contributed by atoms with van der Waals surface area (Å²) in [4.78, 5) is 36.2. The number of hydrazine groups is 1. The molecule has 0 spiro atoms. The number of benzene rings is 2. The van der Waals surface area contributed by atoms with E-state index in [1.807, 2.05) is 0 Å². The Morgan fingerprint density at radius 2 is 1.69 bits per heavy atom. The van der Waals surface area contributed by atoms with Gasteiger partial charge < -0.3 is 9.52 Å². The van der Waals surface area contributed by atoms with E-state index < -0.39 is 17.4 Å². The van der Waals surface area contributed by atoms with Gasteiger partial charge in [-0.15, -0.1) is 0 Å². The summed E-state index contributed by atoms with van der Waals surface area (Å²) in [7, 11) is 0. The van der Waals surface area contributed by atoms with Crippen LogP contribution in [0.5, 0.6) is 5.75 Å². The molecule has 132 valence electrons. The number of nitrogens with one attached hydrogen (secondary N) is 2. The highest BCUT2D eigenvalue weighted by atomic mass is 79.9. The van der Waals surface area contributed by atoms with E-state index in [-0.39, 0.29) is 21.9 Å². The largest absolute Gasteiger partial charge is 0.507 e. The van der Waals surface area contributed by atoms with E-state index in [0.717, 1.165) is 4.47 Å². The smallest absolute Gasteiger partial charge is 0.349 e. The first kappa shape index (κ1) is 18.0. The van der Waals surface area contributed by atoms with Gasteiger partial charge in [0.15, 0.2) is 0 Å². The van der Waals surface area contributed by atoms with E-state index in [0.29, 0.717) is 11.0 Å². The number of halogens is 2. The molecule has 7 nitrogen and oxygen atoms in total. The Balaban J connectivity index is 1.81. The normalized spacial score (nSPS) is 10.5. The van der Waals surface area contributed by atoms with Crippen molar-refractivity contribution in [2.24, 2.45) is 0 Å². The molecule has 0 aliphatic heterocycles. The van der Waals surface area contributed by atoms with E-state index in [1.165, 1.54) is 24.3 Å². The maximum absolute atomic E-state index is 12.2. The molecule has 0 radical (unpaired) electrons. The number of rotatable bonds is 2. The second-order valence-corrected chi connectivity index (χ2v) is 6.55. The summed E-state index contributed by atoms with van der Waals surface area (Å²) in [6, 6.07) is 10.2. The van der Waals surface area contributed by atoms with Crippen LogP contribution in [0.3, 0.4) is 0 Å². The maximum Gasteiger partial charge on any atom is 0.349 e. The summed E-state index contributed by atoms with van der Waals surface area (Å²) in [6.07, 6.45) is 0. The minimum Gasteiger partial charge on any atom is -0.507 e. The van der Waals surface area contributed by atoms with E-state index in [9.17, 15) is 19.5 Å². The molecule has 26 heavy (non-hydrogen) atoms. The molecule has 0 aliphatic rings. The third-order valence-corrected chi connectivity index (χ3v) is 4.16. The third kappa shape index (κ3) is 3.71. The Morgan fingerprint density at radius 1 is 1.00 bits per heavy atom. The fourth-order valence-electron chi connectivity index (χ4n) is 2.19. The van der Waals surface area contributed by atoms with Gasteiger partial charge in [-0.25, -0.2) is 4.79 Å². The quantitative estimate of drug-likeness (QED) is 0.422. The molecular formula is C17H10BrClN2O5. The second-order valence-electron chi connectivity index (χ2n) is 5.20. The summed E-state index contributed by atoms with van der Waals surface area (Å²) in [6.45, 7) is 0. The molecule has 3 N–H and O–H groups in total. The van der Waals surface area contributed by atoms with Crippen LogP contribution in [0.4, 0.5) is 0 Å². The van der Waals surface area contributed by atoms with Gasteiger partial charge in [0.25, 0.3) is 11.8 Å². The first-order chi connectivity index (χ1) is 12.3. The number of fused-ring (bicyclic) bond motifs is 1. The molecule has 0 fully saturated rings. The fourth-order valence-corrected chi connectivity index (χ4v) is 2.74. The topological polar surface area (TPSA) is 109 Å². The lowest BCUT2D eigenvalue weighted by Gasteiger charge is -2.09. The molecule has 0 bridgehead atoms. The average Bonchev–Trinajstić information content (AvgIpc) is 2.61. The molecule has 1 aromatic heterocycles. The number of aromatic hydroxyl groups is 1. The van der Waals surface area contributed by atoms with Crippen molar-refractivity contribution in [2.45, 2.75) is 0 Å². The standard InChI is InChI=1S/C17H10BrClN2O5/c18-9-1-4-14-8(5-9)6-12(17(25)26-14)16(24)21-20-15(23)11-7-10(19)2-3-13(11)22/h1-7,22H,(H,20,23)(H,21,24). The van der Waals surface area contributed by atoms with Gasteiger partial charge in [0, 0.05) is 14.9 Å². The van der Waals surface area contributed by atoms with Gasteiger partial charge >= 0.3 is 5.63 Å². The van der Waals surface area contributed by atoms with E-state index >= 15 is 0 Å². The van der Waals surface area contributed by atoms with Crippen molar-refractivity contribution in [1.29, 1.82) is 0 Å². The zero-order chi connectivity index (χ0) is 18.8. The van der Waals surface area contributed by atoms with Crippen LogP contribution in [-0.2, 0) is 0 Å². The van der Waals surface area contributed by atoms with Crippen LogP contribution >= 0.6 is 27.5 Å². The molecule has 0 saturated carbocycles. The number of phenolic OH excluding ortho intramolecular Hbond substituents is 1.